The first-order valence-corrected chi connectivity index (χ1v) is 9.38. The highest BCUT2D eigenvalue weighted by Gasteiger charge is 2.28. The molecule has 6 heteroatoms. The SMILES string of the molecule is CC[C@@H](C)[C@@H](NC(=O)CC(C)(C)C)c1nc(-c2ccc(C)c(Cl)c2)no1. The van der Waals surface area contributed by atoms with Crippen molar-refractivity contribution in [1.29, 1.82) is 0 Å². The molecule has 0 saturated carbocycles. The zero-order valence-electron chi connectivity index (χ0n) is 16.4. The van der Waals surface area contributed by atoms with Crippen LogP contribution in [0.25, 0.3) is 11.4 Å². The van der Waals surface area contributed by atoms with Gasteiger partial charge in [-0.25, -0.2) is 0 Å². The molecule has 0 bridgehead atoms. The van der Waals surface area contributed by atoms with Gasteiger partial charge >= 0.3 is 0 Å². The van der Waals surface area contributed by atoms with E-state index in [1.54, 1.807) is 0 Å². The Morgan fingerprint density at radius 3 is 2.62 bits per heavy atom. The molecule has 0 aliphatic rings. The summed E-state index contributed by atoms with van der Waals surface area (Å²) in [5, 5.41) is 7.80. The molecule has 5 nitrogen and oxygen atoms in total. The number of hydrogen-bond acceptors (Lipinski definition) is 4. The maximum atomic E-state index is 12.4. The predicted molar refractivity (Wildman–Crippen MR) is 104 cm³/mol. The fourth-order valence-corrected chi connectivity index (χ4v) is 2.78. The van der Waals surface area contributed by atoms with Crippen molar-refractivity contribution in [2.45, 2.75) is 60.4 Å². The van der Waals surface area contributed by atoms with Crippen molar-refractivity contribution in [1.82, 2.24) is 15.5 Å². The van der Waals surface area contributed by atoms with Gasteiger partial charge in [-0.1, -0.05) is 69.9 Å². The van der Waals surface area contributed by atoms with Crippen molar-refractivity contribution >= 4 is 17.5 Å². The van der Waals surface area contributed by atoms with Crippen LogP contribution in [0.2, 0.25) is 5.02 Å². The van der Waals surface area contributed by atoms with E-state index in [0.29, 0.717) is 23.2 Å². The quantitative estimate of drug-likeness (QED) is 0.737. The molecule has 0 aliphatic heterocycles. The number of nitrogens with zero attached hydrogens (tertiary/aromatic N) is 2. The number of halogens is 1. The Kier molecular flexibility index (Phi) is 6.45. The van der Waals surface area contributed by atoms with Crippen LogP contribution in [-0.4, -0.2) is 16.0 Å². The number of rotatable bonds is 6. The van der Waals surface area contributed by atoms with Gasteiger partial charge in [0.25, 0.3) is 0 Å². The zero-order valence-corrected chi connectivity index (χ0v) is 17.1. The lowest BCUT2D eigenvalue weighted by molar-refractivity contribution is -0.124. The average Bonchev–Trinajstić information content (AvgIpc) is 3.02. The summed E-state index contributed by atoms with van der Waals surface area (Å²) in [6, 6.07) is 5.34. The third kappa shape index (κ3) is 5.31. The van der Waals surface area contributed by atoms with Gasteiger partial charge < -0.3 is 9.84 Å². The second-order valence-corrected chi connectivity index (χ2v) is 8.50. The largest absolute Gasteiger partial charge is 0.344 e. The summed E-state index contributed by atoms with van der Waals surface area (Å²) in [6.45, 7) is 12.2. The first-order valence-electron chi connectivity index (χ1n) is 9.00. The number of amides is 1. The molecule has 0 aliphatic carbocycles. The van der Waals surface area contributed by atoms with Crippen molar-refractivity contribution in [2.75, 3.05) is 0 Å². The minimum atomic E-state index is -0.308. The number of carbonyl (C=O) groups excluding carboxylic acids is 1. The van der Waals surface area contributed by atoms with Crippen LogP contribution in [0.4, 0.5) is 0 Å². The van der Waals surface area contributed by atoms with Crippen molar-refractivity contribution in [3.8, 4) is 11.4 Å². The lowest BCUT2D eigenvalue weighted by atomic mass is 9.91. The van der Waals surface area contributed by atoms with Gasteiger partial charge in [-0.05, 0) is 29.9 Å². The molecule has 0 spiro atoms. The smallest absolute Gasteiger partial charge is 0.249 e. The van der Waals surface area contributed by atoms with Crippen molar-refractivity contribution < 1.29 is 9.32 Å². The minimum absolute atomic E-state index is 0.0130. The van der Waals surface area contributed by atoms with E-state index in [0.717, 1.165) is 17.5 Å². The molecular formula is C20H28ClN3O2. The van der Waals surface area contributed by atoms with E-state index in [9.17, 15) is 4.79 Å². The van der Waals surface area contributed by atoms with E-state index in [1.807, 2.05) is 45.9 Å². The molecule has 1 aromatic heterocycles. The summed E-state index contributed by atoms with van der Waals surface area (Å²) < 4.78 is 5.49. The summed E-state index contributed by atoms with van der Waals surface area (Å²) in [5.74, 6) is 1.06. The molecule has 1 N–H and O–H groups in total. The monoisotopic (exact) mass is 377 g/mol. The third-order valence-electron chi connectivity index (χ3n) is 4.36. The Hall–Kier alpha value is -1.88. The number of carbonyl (C=O) groups is 1. The van der Waals surface area contributed by atoms with Gasteiger partial charge in [-0.3, -0.25) is 4.79 Å². The second kappa shape index (κ2) is 8.21. The number of benzene rings is 1. The van der Waals surface area contributed by atoms with Crippen LogP contribution in [0.1, 0.15) is 65.0 Å². The Bertz CT molecular complexity index is 765. The van der Waals surface area contributed by atoms with Gasteiger partial charge in [0.15, 0.2) is 0 Å². The summed E-state index contributed by atoms with van der Waals surface area (Å²) in [6.07, 6.45) is 1.32. The van der Waals surface area contributed by atoms with Crippen LogP contribution in [0.5, 0.6) is 0 Å². The highest BCUT2D eigenvalue weighted by molar-refractivity contribution is 6.31. The highest BCUT2D eigenvalue weighted by Crippen LogP contribution is 2.28. The number of aromatic nitrogens is 2. The van der Waals surface area contributed by atoms with Gasteiger partial charge in [-0.2, -0.15) is 4.98 Å². The second-order valence-electron chi connectivity index (χ2n) is 8.09. The Morgan fingerprint density at radius 2 is 2.04 bits per heavy atom. The minimum Gasteiger partial charge on any atom is -0.344 e. The molecule has 26 heavy (non-hydrogen) atoms. The van der Waals surface area contributed by atoms with E-state index < -0.39 is 0 Å². The maximum Gasteiger partial charge on any atom is 0.249 e. The Balaban J connectivity index is 2.25. The molecule has 0 radical (unpaired) electrons. The highest BCUT2D eigenvalue weighted by atomic mass is 35.5. The van der Waals surface area contributed by atoms with E-state index in [2.05, 4.69) is 29.3 Å². The molecule has 0 fully saturated rings. The maximum absolute atomic E-state index is 12.4. The first-order chi connectivity index (χ1) is 12.1. The summed E-state index contributed by atoms with van der Waals surface area (Å²) in [5.41, 5.74) is 1.70. The van der Waals surface area contributed by atoms with Gasteiger partial charge in [-0.15, -0.1) is 0 Å². The van der Waals surface area contributed by atoms with Gasteiger partial charge in [0.1, 0.15) is 6.04 Å². The van der Waals surface area contributed by atoms with Crippen LogP contribution < -0.4 is 5.32 Å². The summed E-state index contributed by atoms with van der Waals surface area (Å²) in [4.78, 5) is 16.9. The fourth-order valence-electron chi connectivity index (χ4n) is 2.60. The van der Waals surface area contributed by atoms with Gasteiger partial charge in [0.2, 0.25) is 17.6 Å². The fraction of sp³-hybridized carbons (Fsp3) is 0.550. The van der Waals surface area contributed by atoms with E-state index in [1.165, 1.54) is 0 Å². The lowest BCUT2D eigenvalue weighted by Crippen LogP contribution is -2.34. The molecule has 1 amide bonds. The average molecular weight is 378 g/mol. The molecule has 0 unspecified atom stereocenters. The molecule has 2 rings (SSSR count). The van der Waals surface area contributed by atoms with Gasteiger partial charge in [0, 0.05) is 17.0 Å². The number of hydrogen-bond donors (Lipinski definition) is 1. The molecular weight excluding hydrogens is 350 g/mol. The molecule has 142 valence electrons. The van der Waals surface area contributed by atoms with E-state index >= 15 is 0 Å². The van der Waals surface area contributed by atoms with Crippen molar-refractivity contribution in [2.24, 2.45) is 11.3 Å². The van der Waals surface area contributed by atoms with Gasteiger partial charge in [0.05, 0.1) is 0 Å². The molecule has 2 aromatic rings. The van der Waals surface area contributed by atoms with Crippen LogP contribution in [-0.2, 0) is 4.79 Å². The standard InChI is InChI=1S/C20H28ClN3O2/c1-7-12(2)17(22-16(25)11-20(4,5)6)19-23-18(24-26-19)14-9-8-13(3)15(21)10-14/h8-10,12,17H,7,11H2,1-6H3,(H,22,25)/t12-,17-/m1/s1. The first kappa shape index (κ1) is 20.4. The Labute approximate surface area is 160 Å². The predicted octanol–water partition coefficient (Wildman–Crippen LogP) is 5.34. The van der Waals surface area contributed by atoms with Crippen LogP contribution in [0.15, 0.2) is 22.7 Å². The summed E-state index contributed by atoms with van der Waals surface area (Å²) in [7, 11) is 0. The van der Waals surface area contributed by atoms with E-state index in [-0.39, 0.29) is 23.3 Å². The number of nitrogens with one attached hydrogen (secondary N) is 1. The third-order valence-corrected chi connectivity index (χ3v) is 4.77. The lowest BCUT2D eigenvalue weighted by Gasteiger charge is -2.23. The number of aryl methyl sites for hydroxylation is 1. The zero-order chi connectivity index (χ0) is 19.5. The van der Waals surface area contributed by atoms with Crippen LogP contribution >= 0.6 is 11.6 Å². The van der Waals surface area contributed by atoms with Crippen LogP contribution in [0.3, 0.4) is 0 Å². The molecule has 1 heterocycles. The molecule has 1 aromatic carbocycles. The summed E-state index contributed by atoms with van der Waals surface area (Å²) >= 11 is 6.19. The van der Waals surface area contributed by atoms with Crippen molar-refractivity contribution in [3.63, 3.8) is 0 Å². The van der Waals surface area contributed by atoms with E-state index in [4.69, 9.17) is 16.1 Å². The topological polar surface area (TPSA) is 68.0 Å². The molecule has 0 saturated heterocycles. The molecule has 2 atom stereocenters. The van der Waals surface area contributed by atoms with Crippen molar-refractivity contribution in [3.05, 3.63) is 34.7 Å². The Morgan fingerprint density at radius 1 is 1.35 bits per heavy atom. The normalized spacial score (nSPS) is 14.1. The van der Waals surface area contributed by atoms with Crippen LogP contribution in [0, 0.1) is 18.3 Å².